The lowest BCUT2D eigenvalue weighted by Crippen LogP contribution is -2.48. The van der Waals surface area contributed by atoms with Crippen LogP contribution in [-0.4, -0.2) is 64.9 Å². The van der Waals surface area contributed by atoms with Crippen LogP contribution in [0, 0.1) is 12.7 Å². The van der Waals surface area contributed by atoms with E-state index in [9.17, 15) is 9.18 Å². The van der Waals surface area contributed by atoms with Crippen LogP contribution in [0.25, 0.3) is 0 Å². The highest BCUT2D eigenvalue weighted by Gasteiger charge is 2.23. The summed E-state index contributed by atoms with van der Waals surface area (Å²) in [5.41, 5.74) is 2.21. The highest BCUT2D eigenvalue weighted by molar-refractivity contribution is 5.92. The summed E-state index contributed by atoms with van der Waals surface area (Å²) in [6.07, 6.45) is 0.722. The molecular weight excluding hydrogens is 345 g/mol. The molecule has 144 valence electrons. The molecule has 0 unspecified atom stereocenters. The summed E-state index contributed by atoms with van der Waals surface area (Å²) >= 11 is 0. The molecule has 7 heteroatoms. The smallest absolute Gasteiger partial charge is 0.272 e. The fraction of sp³-hybridized carbons (Fsp3) is 0.450. The Morgan fingerprint density at radius 1 is 1.15 bits per heavy atom. The first-order valence-corrected chi connectivity index (χ1v) is 9.41. The molecule has 0 aliphatic carbocycles. The van der Waals surface area contributed by atoms with E-state index in [2.05, 4.69) is 27.1 Å². The number of carbonyl (C=O) groups is 1. The SMILES string of the molecule is CCN1CCN(C(=O)c2cc(C)nc(NCCc3ccc(F)cc3)n2)CC1. The molecule has 1 amide bonds. The largest absolute Gasteiger partial charge is 0.354 e. The second kappa shape index (κ2) is 8.90. The molecule has 2 heterocycles. The average molecular weight is 371 g/mol. The Morgan fingerprint density at radius 2 is 1.85 bits per heavy atom. The molecule has 1 aliphatic rings. The molecule has 2 aromatic rings. The van der Waals surface area contributed by atoms with Gasteiger partial charge in [-0.15, -0.1) is 0 Å². The molecule has 27 heavy (non-hydrogen) atoms. The second-order valence-electron chi connectivity index (χ2n) is 6.75. The minimum Gasteiger partial charge on any atom is -0.354 e. The van der Waals surface area contributed by atoms with Gasteiger partial charge in [-0.2, -0.15) is 0 Å². The molecular formula is C20H26FN5O. The monoisotopic (exact) mass is 371 g/mol. The van der Waals surface area contributed by atoms with Crippen molar-refractivity contribution >= 4 is 11.9 Å². The van der Waals surface area contributed by atoms with E-state index in [0.717, 1.165) is 50.4 Å². The Bertz CT molecular complexity index is 772. The fourth-order valence-corrected chi connectivity index (χ4v) is 3.16. The van der Waals surface area contributed by atoms with Crippen LogP contribution in [0.15, 0.2) is 30.3 Å². The number of carbonyl (C=O) groups excluding carboxylic acids is 1. The third-order valence-electron chi connectivity index (χ3n) is 4.79. The van der Waals surface area contributed by atoms with E-state index in [1.54, 1.807) is 18.2 Å². The molecule has 1 fully saturated rings. The number of nitrogens with zero attached hydrogens (tertiary/aromatic N) is 4. The van der Waals surface area contributed by atoms with Gasteiger partial charge in [-0.25, -0.2) is 14.4 Å². The summed E-state index contributed by atoms with van der Waals surface area (Å²) < 4.78 is 13.0. The van der Waals surface area contributed by atoms with Gasteiger partial charge < -0.3 is 15.1 Å². The fourth-order valence-electron chi connectivity index (χ4n) is 3.16. The zero-order chi connectivity index (χ0) is 19.2. The van der Waals surface area contributed by atoms with Crippen molar-refractivity contribution in [1.82, 2.24) is 19.8 Å². The van der Waals surface area contributed by atoms with Gasteiger partial charge in [-0.05, 0) is 43.7 Å². The van der Waals surface area contributed by atoms with E-state index in [-0.39, 0.29) is 11.7 Å². The first kappa shape index (κ1) is 19.2. The molecule has 1 saturated heterocycles. The first-order chi connectivity index (χ1) is 13.0. The van der Waals surface area contributed by atoms with E-state index < -0.39 is 0 Å². The minimum atomic E-state index is -0.239. The predicted octanol–water partition coefficient (Wildman–Crippen LogP) is 2.36. The van der Waals surface area contributed by atoms with E-state index >= 15 is 0 Å². The number of rotatable bonds is 6. The summed E-state index contributed by atoms with van der Waals surface area (Å²) in [5, 5.41) is 3.17. The Labute approximate surface area is 159 Å². The van der Waals surface area contributed by atoms with Gasteiger partial charge in [-0.1, -0.05) is 19.1 Å². The molecule has 1 N–H and O–H groups in total. The number of aryl methyl sites for hydroxylation is 1. The number of halogens is 1. The number of likely N-dealkylation sites (N-methyl/N-ethyl adjacent to an activating group) is 1. The van der Waals surface area contributed by atoms with Gasteiger partial charge in [0.25, 0.3) is 5.91 Å². The van der Waals surface area contributed by atoms with Gasteiger partial charge in [0.05, 0.1) is 0 Å². The predicted molar refractivity (Wildman–Crippen MR) is 103 cm³/mol. The number of piperazine rings is 1. The number of nitrogens with one attached hydrogen (secondary N) is 1. The summed E-state index contributed by atoms with van der Waals surface area (Å²) in [7, 11) is 0. The van der Waals surface area contributed by atoms with Crippen LogP contribution in [0.4, 0.5) is 10.3 Å². The molecule has 1 aromatic heterocycles. The van der Waals surface area contributed by atoms with Gasteiger partial charge in [0.15, 0.2) is 0 Å². The number of benzene rings is 1. The number of amides is 1. The van der Waals surface area contributed by atoms with Crippen molar-refractivity contribution in [3.63, 3.8) is 0 Å². The van der Waals surface area contributed by atoms with Crippen LogP contribution in [0.1, 0.15) is 28.7 Å². The lowest BCUT2D eigenvalue weighted by atomic mass is 10.1. The Hall–Kier alpha value is -2.54. The standard InChI is InChI=1S/C20H26FN5O/c1-3-25-10-12-26(13-11-25)19(27)18-14-15(2)23-20(24-18)22-9-8-16-4-6-17(21)7-5-16/h4-7,14H,3,8-13H2,1-2H3,(H,22,23,24). The zero-order valence-electron chi connectivity index (χ0n) is 15.9. The summed E-state index contributed by atoms with van der Waals surface area (Å²) in [6.45, 7) is 8.86. The third kappa shape index (κ3) is 5.23. The van der Waals surface area contributed by atoms with E-state index in [0.29, 0.717) is 18.2 Å². The van der Waals surface area contributed by atoms with Crippen molar-refractivity contribution in [2.24, 2.45) is 0 Å². The molecule has 1 aliphatic heterocycles. The maximum atomic E-state index is 13.0. The molecule has 0 radical (unpaired) electrons. The van der Waals surface area contributed by atoms with Gasteiger partial charge in [0, 0.05) is 38.4 Å². The average Bonchev–Trinajstić information content (AvgIpc) is 2.68. The maximum Gasteiger partial charge on any atom is 0.272 e. The molecule has 0 atom stereocenters. The summed E-state index contributed by atoms with van der Waals surface area (Å²) in [5.74, 6) is 0.169. The molecule has 3 rings (SSSR count). The van der Waals surface area contributed by atoms with Crippen LogP contribution in [0.5, 0.6) is 0 Å². The quantitative estimate of drug-likeness (QED) is 0.845. The number of anilines is 1. The molecule has 0 saturated carbocycles. The van der Waals surface area contributed by atoms with Crippen LogP contribution in [0.2, 0.25) is 0 Å². The van der Waals surface area contributed by atoms with E-state index in [4.69, 9.17) is 0 Å². The van der Waals surface area contributed by atoms with Gasteiger partial charge in [0.2, 0.25) is 5.95 Å². The Balaban J connectivity index is 1.60. The van der Waals surface area contributed by atoms with Gasteiger partial charge in [-0.3, -0.25) is 4.79 Å². The topological polar surface area (TPSA) is 61.4 Å². The van der Waals surface area contributed by atoms with Gasteiger partial charge in [0.1, 0.15) is 11.5 Å². The first-order valence-electron chi connectivity index (χ1n) is 9.41. The second-order valence-corrected chi connectivity index (χ2v) is 6.75. The van der Waals surface area contributed by atoms with E-state index in [1.807, 2.05) is 11.8 Å². The van der Waals surface area contributed by atoms with Gasteiger partial charge >= 0.3 is 0 Å². The summed E-state index contributed by atoms with van der Waals surface area (Å²) in [6, 6.07) is 8.17. The van der Waals surface area contributed by atoms with Crippen molar-refractivity contribution in [3.8, 4) is 0 Å². The Morgan fingerprint density at radius 3 is 2.52 bits per heavy atom. The molecule has 6 nitrogen and oxygen atoms in total. The lowest BCUT2D eigenvalue weighted by molar-refractivity contribution is 0.0637. The van der Waals surface area contributed by atoms with Crippen LogP contribution in [0.3, 0.4) is 0 Å². The molecule has 0 bridgehead atoms. The van der Waals surface area contributed by atoms with Crippen molar-refractivity contribution in [1.29, 1.82) is 0 Å². The number of hydrogen-bond acceptors (Lipinski definition) is 5. The summed E-state index contributed by atoms with van der Waals surface area (Å²) in [4.78, 5) is 25.7. The molecule has 0 spiro atoms. The van der Waals surface area contributed by atoms with Crippen molar-refractivity contribution in [2.45, 2.75) is 20.3 Å². The highest BCUT2D eigenvalue weighted by atomic mass is 19.1. The third-order valence-corrected chi connectivity index (χ3v) is 4.79. The maximum absolute atomic E-state index is 13.0. The minimum absolute atomic E-state index is 0.0437. The van der Waals surface area contributed by atoms with Crippen molar-refractivity contribution in [2.75, 3.05) is 44.6 Å². The van der Waals surface area contributed by atoms with Crippen LogP contribution in [-0.2, 0) is 6.42 Å². The number of hydrogen-bond donors (Lipinski definition) is 1. The normalized spacial score (nSPS) is 15.0. The number of aromatic nitrogens is 2. The molecule has 1 aromatic carbocycles. The van der Waals surface area contributed by atoms with Crippen LogP contribution >= 0.6 is 0 Å². The lowest BCUT2D eigenvalue weighted by Gasteiger charge is -2.33. The van der Waals surface area contributed by atoms with Crippen molar-refractivity contribution < 1.29 is 9.18 Å². The Kier molecular flexibility index (Phi) is 6.34. The van der Waals surface area contributed by atoms with Crippen molar-refractivity contribution in [3.05, 3.63) is 53.1 Å². The van der Waals surface area contributed by atoms with E-state index in [1.165, 1.54) is 12.1 Å². The zero-order valence-corrected chi connectivity index (χ0v) is 15.9. The van der Waals surface area contributed by atoms with Crippen LogP contribution < -0.4 is 5.32 Å². The highest BCUT2D eigenvalue weighted by Crippen LogP contribution is 2.11.